The van der Waals surface area contributed by atoms with Crippen molar-refractivity contribution in [3.8, 4) is 0 Å². The van der Waals surface area contributed by atoms with Crippen LogP contribution in [0.1, 0.15) is 0 Å². The lowest BCUT2D eigenvalue weighted by Gasteiger charge is -2.19. The molecule has 2 N–H and O–H groups in total. The molecule has 7 heavy (non-hydrogen) atoms. The summed E-state index contributed by atoms with van der Waals surface area (Å²) in [4.78, 5) is 0. The minimum absolute atomic E-state index is 0.425. The first kappa shape index (κ1) is 5.06. The van der Waals surface area contributed by atoms with Crippen LogP contribution in [0.2, 0.25) is 0 Å². The lowest BCUT2D eigenvalue weighted by molar-refractivity contribution is 0.469. The Bertz CT molecular complexity index is 48.0. The van der Waals surface area contributed by atoms with Gasteiger partial charge in [0.1, 0.15) is 0 Å². The van der Waals surface area contributed by atoms with Gasteiger partial charge in [-0.15, -0.1) is 0 Å². The standard InChI is InChI=1S/C5H11N2/c1-5-4-6-2-3-7-5/h5-7H,1-4H2. The fourth-order valence-corrected chi connectivity index (χ4v) is 0.713. The van der Waals surface area contributed by atoms with Gasteiger partial charge in [-0.1, -0.05) is 0 Å². The van der Waals surface area contributed by atoms with Crippen LogP contribution in [0.25, 0.3) is 0 Å². The Morgan fingerprint density at radius 3 is 2.57 bits per heavy atom. The maximum Gasteiger partial charge on any atom is 0.0193 e. The van der Waals surface area contributed by atoms with Crippen molar-refractivity contribution in [2.45, 2.75) is 6.04 Å². The van der Waals surface area contributed by atoms with Crippen LogP contribution in [0, 0.1) is 6.92 Å². The third-order valence-electron chi connectivity index (χ3n) is 1.13. The Morgan fingerprint density at radius 2 is 2.29 bits per heavy atom. The van der Waals surface area contributed by atoms with Crippen molar-refractivity contribution < 1.29 is 0 Å². The molecule has 0 amide bonds. The molecule has 1 atom stereocenters. The lowest BCUT2D eigenvalue weighted by atomic mass is 10.3. The van der Waals surface area contributed by atoms with E-state index in [2.05, 4.69) is 17.6 Å². The number of rotatable bonds is 0. The van der Waals surface area contributed by atoms with Gasteiger partial charge < -0.3 is 10.6 Å². The average molecular weight is 99.2 g/mol. The van der Waals surface area contributed by atoms with E-state index in [1.165, 1.54) is 0 Å². The predicted octanol–water partition coefficient (Wildman–Crippen LogP) is -0.618. The van der Waals surface area contributed by atoms with Gasteiger partial charge in [0, 0.05) is 25.7 Å². The van der Waals surface area contributed by atoms with E-state index >= 15 is 0 Å². The maximum absolute atomic E-state index is 3.82. The van der Waals surface area contributed by atoms with E-state index in [9.17, 15) is 0 Å². The van der Waals surface area contributed by atoms with Crippen molar-refractivity contribution in [3.63, 3.8) is 0 Å². The molecule has 2 nitrogen and oxygen atoms in total. The van der Waals surface area contributed by atoms with Crippen molar-refractivity contribution in [2.75, 3.05) is 19.6 Å². The van der Waals surface area contributed by atoms with E-state index in [0.717, 1.165) is 19.6 Å². The average Bonchev–Trinajstić information content (AvgIpc) is 1.69. The van der Waals surface area contributed by atoms with Crippen LogP contribution in [-0.4, -0.2) is 25.7 Å². The summed E-state index contributed by atoms with van der Waals surface area (Å²) >= 11 is 0. The Balaban J connectivity index is 2.12. The van der Waals surface area contributed by atoms with Crippen LogP contribution in [0.15, 0.2) is 0 Å². The van der Waals surface area contributed by atoms with Gasteiger partial charge in [-0.25, -0.2) is 0 Å². The Hall–Kier alpha value is -0.0800. The van der Waals surface area contributed by atoms with E-state index in [-0.39, 0.29) is 0 Å². The van der Waals surface area contributed by atoms with Gasteiger partial charge >= 0.3 is 0 Å². The summed E-state index contributed by atoms with van der Waals surface area (Å²) in [6.07, 6.45) is 0. The van der Waals surface area contributed by atoms with Crippen molar-refractivity contribution in [1.82, 2.24) is 10.6 Å². The molecule has 2 heteroatoms. The summed E-state index contributed by atoms with van der Waals surface area (Å²) < 4.78 is 0. The van der Waals surface area contributed by atoms with Crippen molar-refractivity contribution >= 4 is 0 Å². The summed E-state index contributed by atoms with van der Waals surface area (Å²) in [5.41, 5.74) is 0. The van der Waals surface area contributed by atoms with Crippen molar-refractivity contribution in [2.24, 2.45) is 0 Å². The third kappa shape index (κ3) is 1.45. The second kappa shape index (κ2) is 2.28. The van der Waals surface area contributed by atoms with Crippen molar-refractivity contribution in [3.05, 3.63) is 6.92 Å². The molecule has 0 bridgehead atoms. The zero-order valence-corrected chi connectivity index (χ0v) is 4.41. The van der Waals surface area contributed by atoms with Gasteiger partial charge in [-0.05, 0) is 6.92 Å². The fourth-order valence-electron chi connectivity index (χ4n) is 0.713. The van der Waals surface area contributed by atoms with Crippen LogP contribution >= 0.6 is 0 Å². The van der Waals surface area contributed by atoms with Crippen LogP contribution in [-0.2, 0) is 0 Å². The second-order valence-corrected chi connectivity index (χ2v) is 1.86. The molecule has 1 fully saturated rings. The Morgan fingerprint density at radius 1 is 1.43 bits per heavy atom. The summed E-state index contributed by atoms with van der Waals surface area (Å²) in [6, 6.07) is 0.425. The summed E-state index contributed by atoms with van der Waals surface area (Å²) in [5, 5.41) is 6.42. The monoisotopic (exact) mass is 99.1 g/mol. The SMILES string of the molecule is [CH2]C1CNCCN1. The molecule has 0 aromatic carbocycles. The molecule has 0 aliphatic carbocycles. The minimum Gasteiger partial charge on any atom is -0.314 e. The molecule has 0 aromatic heterocycles. The van der Waals surface area contributed by atoms with E-state index < -0.39 is 0 Å². The molecule has 0 spiro atoms. The zero-order chi connectivity index (χ0) is 5.11. The Kier molecular flexibility index (Phi) is 1.65. The minimum atomic E-state index is 0.425. The van der Waals surface area contributed by atoms with E-state index in [0.29, 0.717) is 6.04 Å². The fraction of sp³-hybridized carbons (Fsp3) is 0.800. The van der Waals surface area contributed by atoms with Gasteiger partial charge in [-0.3, -0.25) is 0 Å². The maximum atomic E-state index is 3.82. The van der Waals surface area contributed by atoms with E-state index in [1.54, 1.807) is 0 Å². The molecule has 1 heterocycles. The van der Waals surface area contributed by atoms with Gasteiger partial charge in [0.05, 0.1) is 0 Å². The number of piperazine rings is 1. The summed E-state index contributed by atoms with van der Waals surface area (Å²) in [7, 11) is 0. The van der Waals surface area contributed by atoms with Gasteiger partial charge in [-0.2, -0.15) is 0 Å². The smallest absolute Gasteiger partial charge is 0.0193 e. The molecular formula is C5H11N2. The molecule has 1 radical (unpaired) electrons. The quantitative estimate of drug-likeness (QED) is 0.423. The molecule has 1 aliphatic heterocycles. The number of nitrogens with one attached hydrogen (secondary N) is 2. The molecule has 1 saturated heterocycles. The highest BCUT2D eigenvalue weighted by atomic mass is 15.0. The first-order valence-electron chi connectivity index (χ1n) is 2.67. The largest absolute Gasteiger partial charge is 0.314 e. The molecule has 1 aliphatic rings. The van der Waals surface area contributed by atoms with Crippen molar-refractivity contribution in [1.29, 1.82) is 0 Å². The highest BCUT2D eigenvalue weighted by Gasteiger charge is 2.03. The van der Waals surface area contributed by atoms with Crippen LogP contribution < -0.4 is 10.6 Å². The van der Waals surface area contributed by atoms with Gasteiger partial charge in [0.15, 0.2) is 0 Å². The molecule has 0 saturated carbocycles. The normalized spacial score (nSPS) is 33.0. The van der Waals surface area contributed by atoms with Gasteiger partial charge in [0.25, 0.3) is 0 Å². The molecule has 0 aromatic rings. The van der Waals surface area contributed by atoms with E-state index in [4.69, 9.17) is 0 Å². The molecular weight excluding hydrogens is 88.1 g/mol. The van der Waals surface area contributed by atoms with Gasteiger partial charge in [0.2, 0.25) is 0 Å². The number of hydrogen-bond donors (Lipinski definition) is 2. The van der Waals surface area contributed by atoms with Crippen LogP contribution in [0.3, 0.4) is 0 Å². The first-order chi connectivity index (χ1) is 3.39. The second-order valence-electron chi connectivity index (χ2n) is 1.86. The summed E-state index contributed by atoms with van der Waals surface area (Å²) in [5.74, 6) is 0. The molecule has 1 unspecified atom stereocenters. The predicted molar refractivity (Wildman–Crippen MR) is 30.0 cm³/mol. The molecule has 41 valence electrons. The topological polar surface area (TPSA) is 24.1 Å². The highest BCUT2D eigenvalue weighted by molar-refractivity contribution is 4.76. The zero-order valence-electron chi connectivity index (χ0n) is 4.41. The summed E-state index contributed by atoms with van der Waals surface area (Å²) in [6.45, 7) is 6.99. The van der Waals surface area contributed by atoms with Crippen LogP contribution in [0.4, 0.5) is 0 Å². The number of hydrogen-bond acceptors (Lipinski definition) is 2. The van der Waals surface area contributed by atoms with Crippen LogP contribution in [0.5, 0.6) is 0 Å². The first-order valence-corrected chi connectivity index (χ1v) is 2.67. The Labute approximate surface area is 44.3 Å². The highest BCUT2D eigenvalue weighted by Crippen LogP contribution is 1.80. The van der Waals surface area contributed by atoms with E-state index in [1.807, 2.05) is 0 Å². The molecule has 1 rings (SSSR count). The lowest BCUT2D eigenvalue weighted by Crippen LogP contribution is -2.46. The third-order valence-corrected chi connectivity index (χ3v) is 1.13.